The first-order valence-electron chi connectivity index (χ1n) is 5.47. The standard InChI is InChI=1S/C11H7BrN6O2/c12-8-2-1-6(3-7(8)11(19)20)14-9-4-13-5-10-15-16-17-18(9)10/h1-5,14H,(H,19,20). The molecule has 9 heteroatoms. The minimum Gasteiger partial charge on any atom is -0.478 e. The van der Waals surface area contributed by atoms with Gasteiger partial charge in [-0.3, -0.25) is 4.98 Å². The van der Waals surface area contributed by atoms with E-state index in [4.69, 9.17) is 5.11 Å². The summed E-state index contributed by atoms with van der Waals surface area (Å²) in [5.74, 6) is -0.481. The lowest BCUT2D eigenvalue weighted by atomic mass is 10.2. The molecule has 0 aliphatic rings. The number of anilines is 2. The minimum atomic E-state index is -1.01. The van der Waals surface area contributed by atoms with E-state index in [2.05, 4.69) is 41.8 Å². The molecule has 8 nitrogen and oxygen atoms in total. The highest BCUT2D eigenvalue weighted by Crippen LogP contribution is 2.23. The number of hydrogen-bond donors (Lipinski definition) is 2. The second kappa shape index (κ2) is 4.85. The predicted molar refractivity (Wildman–Crippen MR) is 73.0 cm³/mol. The van der Waals surface area contributed by atoms with Crippen LogP contribution in [0.25, 0.3) is 5.65 Å². The summed E-state index contributed by atoms with van der Waals surface area (Å²) in [6.07, 6.45) is 3.07. The summed E-state index contributed by atoms with van der Waals surface area (Å²) >= 11 is 3.19. The molecular weight excluding hydrogens is 328 g/mol. The van der Waals surface area contributed by atoms with Crippen LogP contribution in [0, 0.1) is 0 Å². The lowest BCUT2D eigenvalue weighted by Crippen LogP contribution is -2.03. The zero-order valence-corrected chi connectivity index (χ0v) is 11.4. The van der Waals surface area contributed by atoms with Gasteiger partial charge in [0.25, 0.3) is 0 Å². The molecule has 20 heavy (non-hydrogen) atoms. The van der Waals surface area contributed by atoms with E-state index in [0.29, 0.717) is 21.6 Å². The highest BCUT2D eigenvalue weighted by atomic mass is 79.9. The van der Waals surface area contributed by atoms with Gasteiger partial charge in [0.1, 0.15) is 0 Å². The van der Waals surface area contributed by atoms with Gasteiger partial charge in [-0.1, -0.05) is 0 Å². The fraction of sp³-hybridized carbons (Fsp3) is 0. The fourth-order valence-corrected chi connectivity index (χ4v) is 2.09. The van der Waals surface area contributed by atoms with Crippen molar-refractivity contribution in [2.75, 3.05) is 5.32 Å². The second-order valence-corrected chi connectivity index (χ2v) is 4.72. The molecule has 0 radical (unpaired) electrons. The predicted octanol–water partition coefficient (Wildman–Crippen LogP) is 1.72. The molecule has 0 bridgehead atoms. The molecule has 0 saturated heterocycles. The van der Waals surface area contributed by atoms with Crippen LogP contribution in [0.4, 0.5) is 11.5 Å². The third-order valence-electron chi connectivity index (χ3n) is 2.58. The molecule has 1 aromatic carbocycles. The van der Waals surface area contributed by atoms with Gasteiger partial charge in [0, 0.05) is 10.2 Å². The number of hydrogen-bond acceptors (Lipinski definition) is 6. The molecule has 2 aromatic heterocycles. The van der Waals surface area contributed by atoms with Gasteiger partial charge in [-0.05, 0) is 44.6 Å². The Morgan fingerprint density at radius 3 is 3.00 bits per heavy atom. The van der Waals surface area contributed by atoms with Crippen LogP contribution >= 0.6 is 15.9 Å². The van der Waals surface area contributed by atoms with Crippen LogP contribution < -0.4 is 5.32 Å². The molecule has 0 amide bonds. The van der Waals surface area contributed by atoms with Crippen LogP contribution in [-0.2, 0) is 0 Å². The fourth-order valence-electron chi connectivity index (χ4n) is 1.68. The number of benzene rings is 1. The number of fused-ring (bicyclic) bond motifs is 1. The van der Waals surface area contributed by atoms with Crippen molar-refractivity contribution in [3.8, 4) is 0 Å². The number of aromatic nitrogens is 5. The Bertz CT molecular complexity index is 802. The molecule has 0 saturated carbocycles. The molecule has 3 rings (SSSR count). The molecule has 2 heterocycles. The maximum absolute atomic E-state index is 11.1. The maximum Gasteiger partial charge on any atom is 0.336 e. The van der Waals surface area contributed by atoms with Crippen LogP contribution in [0.5, 0.6) is 0 Å². The normalized spacial score (nSPS) is 10.7. The summed E-state index contributed by atoms with van der Waals surface area (Å²) in [6.45, 7) is 0. The number of nitrogens with zero attached hydrogens (tertiary/aromatic N) is 5. The monoisotopic (exact) mass is 334 g/mol. The van der Waals surface area contributed by atoms with E-state index in [0.717, 1.165) is 0 Å². The Kier molecular flexibility index (Phi) is 3.03. The van der Waals surface area contributed by atoms with Crippen molar-refractivity contribution in [2.24, 2.45) is 0 Å². The summed E-state index contributed by atoms with van der Waals surface area (Å²) in [6, 6.07) is 4.90. The molecule has 0 unspecified atom stereocenters. The molecular formula is C11H7BrN6O2. The van der Waals surface area contributed by atoms with E-state index in [1.165, 1.54) is 16.8 Å². The number of carboxylic acids is 1. The van der Waals surface area contributed by atoms with Crippen molar-refractivity contribution in [1.82, 2.24) is 25.0 Å². The molecule has 0 atom stereocenters. The van der Waals surface area contributed by atoms with Gasteiger partial charge in [0.05, 0.1) is 18.0 Å². The van der Waals surface area contributed by atoms with E-state index in [1.54, 1.807) is 18.3 Å². The molecule has 0 spiro atoms. The Labute approximate surface area is 120 Å². The average molecular weight is 335 g/mol. The SMILES string of the molecule is O=C(O)c1cc(Nc2cncc3nnnn23)ccc1Br. The largest absolute Gasteiger partial charge is 0.478 e. The van der Waals surface area contributed by atoms with Crippen LogP contribution in [0.1, 0.15) is 10.4 Å². The van der Waals surface area contributed by atoms with Gasteiger partial charge in [0.2, 0.25) is 0 Å². The number of halogens is 1. The highest BCUT2D eigenvalue weighted by Gasteiger charge is 2.10. The molecule has 3 aromatic rings. The molecule has 0 aliphatic heterocycles. The third-order valence-corrected chi connectivity index (χ3v) is 3.27. The van der Waals surface area contributed by atoms with Gasteiger partial charge < -0.3 is 10.4 Å². The van der Waals surface area contributed by atoms with Gasteiger partial charge in [0.15, 0.2) is 11.5 Å². The number of carbonyl (C=O) groups is 1. The number of nitrogens with one attached hydrogen (secondary N) is 1. The molecule has 0 aliphatic carbocycles. The second-order valence-electron chi connectivity index (χ2n) is 3.87. The van der Waals surface area contributed by atoms with Gasteiger partial charge in [-0.25, -0.2) is 4.79 Å². The van der Waals surface area contributed by atoms with Crippen molar-refractivity contribution in [3.05, 3.63) is 40.6 Å². The Balaban J connectivity index is 2.01. The first-order chi connectivity index (χ1) is 9.65. The Morgan fingerprint density at radius 1 is 1.35 bits per heavy atom. The van der Waals surface area contributed by atoms with Crippen molar-refractivity contribution in [3.63, 3.8) is 0 Å². The molecule has 2 N–H and O–H groups in total. The zero-order chi connectivity index (χ0) is 14.1. The van der Waals surface area contributed by atoms with Gasteiger partial charge >= 0.3 is 5.97 Å². The topological polar surface area (TPSA) is 105 Å². The van der Waals surface area contributed by atoms with E-state index < -0.39 is 5.97 Å². The minimum absolute atomic E-state index is 0.159. The lowest BCUT2D eigenvalue weighted by molar-refractivity contribution is 0.0696. The first kappa shape index (κ1) is 12.5. The van der Waals surface area contributed by atoms with E-state index in [9.17, 15) is 4.79 Å². The number of rotatable bonds is 3. The summed E-state index contributed by atoms with van der Waals surface area (Å²) in [7, 11) is 0. The number of carboxylic acid groups (broad SMARTS) is 1. The van der Waals surface area contributed by atoms with Crippen molar-refractivity contribution < 1.29 is 9.90 Å². The van der Waals surface area contributed by atoms with Crippen molar-refractivity contribution in [2.45, 2.75) is 0 Å². The lowest BCUT2D eigenvalue weighted by Gasteiger charge is -2.08. The highest BCUT2D eigenvalue weighted by molar-refractivity contribution is 9.10. The zero-order valence-electron chi connectivity index (χ0n) is 9.86. The average Bonchev–Trinajstić information content (AvgIpc) is 2.90. The summed E-state index contributed by atoms with van der Waals surface area (Å²) in [5.41, 5.74) is 1.24. The Hall–Kier alpha value is -2.55. The van der Waals surface area contributed by atoms with E-state index in [1.807, 2.05) is 0 Å². The van der Waals surface area contributed by atoms with Crippen LogP contribution in [0.3, 0.4) is 0 Å². The van der Waals surface area contributed by atoms with Crippen LogP contribution in [0.15, 0.2) is 35.1 Å². The quantitative estimate of drug-likeness (QED) is 0.751. The summed E-state index contributed by atoms with van der Waals surface area (Å²) < 4.78 is 1.98. The van der Waals surface area contributed by atoms with Crippen molar-refractivity contribution >= 4 is 39.1 Å². The number of tetrazole rings is 1. The summed E-state index contributed by atoms with van der Waals surface area (Å²) in [5, 5.41) is 23.3. The van der Waals surface area contributed by atoms with Gasteiger partial charge in [-0.2, -0.15) is 4.52 Å². The molecule has 0 fully saturated rings. The smallest absolute Gasteiger partial charge is 0.336 e. The third kappa shape index (κ3) is 2.18. The first-order valence-corrected chi connectivity index (χ1v) is 6.26. The van der Waals surface area contributed by atoms with E-state index in [-0.39, 0.29) is 5.56 Å². The van der Waals surface area contributed by atoms with Gasteiger partial charge in [-0.15, -0.1) is 5.10 Å². The number of aromatic carboxylic acids is 1. The Morgan fingerprint density at radius 2 is 2.20 bits per heavy atom. The van der Waals surface area contributed by atoms with E-state index >= 15 is 0 Å². The van der Waals surface area contributed by atoms with Crippen LogP contribution in [-0.4, -0.2) is 36.1 Å². The molecule has 100 valence electrons. The maximum atomic E-state index is 11.1. The van der Waals surface area contributed by atoms with Crippen molar-refractivity contribution in [1.29, 1.82) is 0 Å². The summed E-state index contributed by atoms with van der Waals surface area (Å²) in [4.78, 5) is 15.1. The van der Waals surface area contributed by atoms with Crippen LogP contribution in [0.2, 0.25) is 0 Å².